The van der Waals surface area contributed by atoms with E-state index in [0.717, 1.165) is 35.4 Å². The minimum absolute atomic E-state index is 0.0372. The van der Waals surface area contributed by atoms with Gasteiger partial charge >= 0.3 is 0 Å². The van der Waals surface area contributed by atoms with E-state index >= 15 is 0 Å². The molecule has 2 N–H and O–H groups in total. The Balaban J connectivity index is 1.76. The van der Waals surface area contributed by atoms with E-state index in [-0.39, 0.29) is 5.56 Å². The first-order chi connectivity index (χ1) is 13.4. The fourth-order valence-electron chi connectivity index (χ4n) is 2.64. The number of aromatic nitrogens is 2. The van der Waals surface area contributed by atoms with E-state index in [0.29, 0.717) is 5.95 Å². The third-order valence-corrected chi connectivity index (χ3v) is 4.17. The molecule has 0 spiro atoms. The molecule has 1 amide bonds. The summed E-state index contributed by atoms with van der Waals surface area (Å²) in [6.45, 7) is 3.99. The fraction of sp³-hybridized carbons (Fsp3) is 0.150. The number of para-hydroxylation sites is 1. The number of carbonyl (C=O) groups is 1. The molecule has 1 aromatic heterocycles. The predicted octanol–water partition coefficient (Wildman–Crippen LogP) is 4.76. The van der Waals surface area contributed by atoms with Crippen LogP contribution in [-0.2, 0) is 6.42 Å². The molecular formula is C20H17F3N4O. The summed E-state index contributed by atoms with van der Waals surface area (Å²) in [4.78, 5) is 20.4. The van der Waals surface area contributed by atoms with Crippen molar-refractivity contribution in [3.63, 3.8) is 0 Å². The number of nitrogens with one attached hydrogen (secondary N) is 2. The van der Waals surface area contributed by atoms with Crippen LogP contribution in [0.4, 0.5) is 30.5 Å². The molecule has 0 radical (unpaired) electrons. The zero-order valence-corrected chi connectivity index (χ0v) is 15.2. The highest BCUT2D eigenvalue weighted by molar-refractivity contribution is 6.04. The second kappa shape index (κ2) is 8.08. The van der Waals surface area contributed by atoms with Crippen LogP contribution in [0.15, 0.2) is 42.7 Å². The van der Waals surface area contributed by atoms with E-state index in [1.165, 1.54) is 12.4 Å². The highest BCUT2D eigenvalue weighted by atomic mass is 19.2. The molecule has 3 rings (SSSR count). The molecule has 0 unspecified atom stereocenters. The normalized spacial score (nSPS) is 10.6. The van der Waals surface area contributed by atoms with Gasteiger partial charge in [0.25, 0.3) is 5.91 Å². The lowest BCUT2D eigenvalue weighted by molar-refractivity contribution is 0.102. The van der Waals surface area contributed by atoms with Gasteiger partial charge in [-0.2, -0.15) is 0 Å². The van der Waals surface area contributed by atoms with Crippen molar-refractivity contribution in [3.8, 4) is 0 Å². The van der Waals surface area contributed by atoms with E-state index in [4.69, 9.17) is 0 Å². The van der Waals surface area contributed by atoms with Crippen LogP contribution in [0.25, 0.3) is 0 Å². The van der Waals surface area contributed by atoms with Crippen molar-refractivity contribution in [3.05, 3.63) is 76.9 Å². The molecule has 0 saturated heterocycles. The van der Waals surface area contributed by atoms with Gasteiger partial charge < -0.3 is 10.6 Å². The van der Waals surface area contributed by atoms with Crippen molar-refractivity contribution in [1.29, 1.82) is 0 Å². The summed E-state index contributed by atoms with van der Waals surface area (Å²) in [5, 5.41) is 5.30. The zero-order valence-electron chi connectivity index (χ0n) is 15.2. The lowest BCUT2D eigenvalue weighted by Crippen LogP contribution is -2.15. The van der Waals surface area contributed by atoms with Crippen LogP contribution >= 0.6 is 0 Å². The molecule has 0 aliphatic carbocycles. The molecule has 0 bridgehead atoms. The maximum Gasteiger partial charge on any atom is 0.258 e. The molecule has 0 aliphatic rings. The maximum absolute atomic E-state index is 13.7. The van der Waals surface area contributed by atoms with Gasteiger partial charge in [-0.15, -0.1) is 0 Å². The number of rotatable bonds is 5. The van der Waals surface area contributed by atoms with Gasteiger partial charge in [-0.05, 0) is 36.6 Å². The van der Waals surface area contributed by atoms with Crippen LogP contribution in [0.1, 0.15) is 28.4 Å². The third kappa shape index (κ3) is 3.95. The van der Waals surface area contributed by atoms with Crippen molar-refractivity contribution < 1.29 is 18.0 Å². The molecule has 0 fully saturated rings. The van der Waals surface area contributed by atoms with Gasteiger partial charge in [0.1, 0.15) is 0 Å². The summed E-state index contributed by atoms with van der Waals surface area (Å²) < 4.78 is 39.9. The monoisotopic (exact) mass is 386 g/mol. The van der Waals surface area contributed by atoms with E-state index in [2.05, 4.69) is 20.6 Å². The summed E-state index contributed by atoms with van der Waals surface area (Å²) in [5.41, 5.74) is 2.58. The van der Waals surface area contributed by atoms with Crippen LogP contribution < -0.4 is 10.6 Å². The Kier molecular flexibility index (Phi) is 5.58. The van der Waals surface area contributed by atoms with Gasteiger partial charge in [0, 0.05) is 18.1 Å². The maximum atomic E-state index is 13.7. The minimum atomic E-state index is -1.65. The van der Waals surface area contributed by atoms with Gasteiger partial charge in [0.2, 0.25) is 5.95 Å². The van der Waals surface area contributed by atoms with Crippen molar-refractivity contribution in [2.45, 2.75) is 20.3 Å². The first kappa shape index (κ1) is 19.3. The molecule has 0 saturated carbocycles. The Morgan fingerprint density at radius 2 is 1.75 bits per heavy atom. The highest BCUT2D eigenvalue weighted by Gasteiger charge is 2.16. The number of halogens is 3. The molecule has 3 aromatic rings. The molecule has 28 heavy (non-hydrogen) atoms. The van der Waals surface area contributed by atoms with Crippen LogP contribution in [0, 0.1) is 24.4 Å². The molecule has 1 heterocycles. The number of carbonyl (C=O) groups excluding carboxylic acids is 1. The smallest absolute Gasteiger partial charge is 0.258 e. The second-order valence-corrected chi connectivity index (χ2v) is 6.06. The van der Waals surface area contributed by atoms with E-state index in [1.807, 2.05) is 32.0 Å². The number of anilines is 3. The topological polar surface area (TPSA) is 66.9 Å². The van der Waals surface area contributed by atoms with E-state index in [9.17, 15) is 18.0 Å². The van der Waals surface area contributed by atoms with Gasteiger partial charge in [-0.3, -0.25) is 4.79 Å². The van der Waals surface area contributed by atoms with Crippen LogP contribution in [-0.4, -0.2) is 15.9 Å². The highest BCUT2D eigenvalue weighted by Crippen LogP contribution is 2.24. The Labute approximate surface area is 159 Å². The molecule has 8 heteroatoms. The standard InChI is InChI=1S/C20H17F3N4O/c1-3-12-6-4-5-11(2)18(12)27-20-24-9-13(10-25-20)19(28)26-15-8-7-14(21)16(22)17(15)23/h4-10H,3H2,1-2H3,(H,26,28)(H,24,25,27). The summed E-state index contributed by atoms with van der Waals surface area (Å²) >= 11 is 0. The van der Waals surface area contributed by atoms with E-state index < -0.39 is 29.0 Å². The van der Waals surface area contributed by atoms with E-state index in [1.54, 1.807) is 0 Å². The quantitative estimate of drug-likeness (QED) is 0.621. The zero-order chi connectivity index (χ0) is 20.3. The van der Waals surface area contributed by atoms with Crippen LogP contribution in [0.2, 0.25) is 0 Å². The summed E-state index contributed by atoms with van der Waals surface area (Å²) in [6.07, 6.45) is 3.34. The molecular weight excluding hydrogens is 369 g/mol. The van der Waals surface area contributed by atoms with Crippen molar-refractivity contribution in [1.82, 2.24) is 9.97 Å². The average molecular weight is 386 g/mol. The number of hydrogen-bond donors (Lipinski definition) is 2. The number of hydrogen-bond acceptors (Lipinski definition) is 4. The van der Waals surface area contributed by atoms with Crippen LogP contribution in [0.3, 0.4) is 0 Å². The Bertz CT molecular complexity index is 1020. The average Bonchev–Trinajstić information content (AvgIpc) is 2.70. The lowest BCUT2D eigenvalue weighted by Gasteiger charge is -2.13. The van der Waals surface area contributed by atoms with Crippen LogP contribution in [0.5, 0.6) is 0 Å². The summed E-state index contributed by atoms with van der Waals surface area (Å²) in [7, 11) is 0. The molecule has 0 atom stereocenters. The Hall–Kier alpha value is -3.42. The molecule has 144 valence electrons. The second-order valence-electron chi connectivity index (χ2n) is 6.06. The number of aryl methyl sites for hydroxylation is 2. The SMILES string of the molecule is CCc1cccc(C)c1Nc1ncc(C(=O)Nc2ccc(F)c(F)c2F)cn1. The molecule has 0 aliphatic heterocycles. The Morgan fingerprint density at radius 1 is 1.04 bits per heavy atom. The van der Waals surface area contributed by atoms with Gasteiger partial charge in [-0.1, -0.05) is 25.1 Å². The van der Waals surface area contributed by atoms with Gasteiger partial charge in [0.05, 0.1) is 11.3 Å². The summed E-state index contributed by atoms with van der Waals surface area (Å²) in [5.74, 6) is -4.92. The molecule has 5 nitrogen and oxygen atoms in total. The predicted molar refractivity (Wildman–Crippen MR) is 100 cm³/mol. The van der Waals surface area contributed by atoms with Crippen molar-refractivity contribution >= 4 is 23.2 Å². The van der Waals surface area contributed by atoms with Gasteiger partial charge in [0.15, 0.2) is 17.5 Å². The number of benzene rings is 2. The first-order valence-corrected chi connectivity index (χ1v) is 8.53. The van der Waals surface area contributed by atoms with Crippen molar-refractivity contribution in [2.75, 3.05) is 10.6 Å². The van der Waals surface area contributed by atoms with Gasteiger partial charge in [-0.25, -0.2) is 23.1 Å². The third-order valence-electron chi connectivity index (χ3n) is 4.17. The Morgan fingerprint density at radius 3 is 2.43 bits per heavy atom. The summed E-state index contributed by atoms with van der Waals surface area (Å²) in [6, 6.07) is 7.58. The minimum Gasteiger partial charge on any atom is -0.324 e. The largest absolute Gasteiger partial charge is 0.324 e. The lowest BCUT2D eigenvalue weighted by atomic mass is 10.1. The molecule has 2 aromatic carbocycles. The fourth-order valence-corrected chi connectivity index (χ4v) is 2.64. The number of amides is 1. The first-order valence-electron chi connectivity index (χ1n) is 8.53. The number of nitrogens with zero attached hydrogens (tertiary/aromatic N) is 2. The van der Waals surface area contributed by atoms with Crippen molar-refractivity contribution in [2.24, 2.45) is 0 Å².